The van der Waals surface area contributed by atoms with Crippen LogP contribution in [0.25, 0.3) is 55.7 Å². The molecule has 0 aliphatic carbocycles. The Morgan fingerprint density at radius 3 is 2.73 bits per heavy atom. The van der Waals surface area contributed by atoms with Gasteiger partial charge in [0.1, 0.15) is 5.82 Å². The van der Waals surface area contributed by atoms with Crippen molar-refractivity contribution in [3.63, 3.8) is 0 Å². The van der Waals surface area contributed by atoms with Gasteiger partial charge in [0.2, 0.25) is 0 Å². The third-order valence-corrected chi connectivity index (χ3v) is 5.57. The Hall–Kier alpha value is -4.20. The molecular formula is C22H17N7O. The molecule has 8 nitrogen and oxygen atoms in total. The van der Waals surface area contributed by atoms with Gasteiger partial charge >= 0.3 is 0 Å². The number of H-pyrrole nitrogens is 2. The molecule has 6 rings (SSSR count). The molecule has 0 radical (unpaired) electrons. The van der Waals surface area contributed by atoms with Crippen molar-refractivity contribution in [2.45, 2.75) is 6.92 Å². The summed E-state index contributed by atoms with van der Waals surface area (Å²) in [5.41, 5.74) is 7.41. The van der Waals surface area contributed by atoms with Gasteiger partial charge in [-0.1, -0.05) is 0 Å². The van der Waals surface area contributed by atoms with Crippen LogP contribution in [-0.2, 0) is 7.05 Å². The lowest BCUT2D eigenvalue weighted by molar-refractivity contribution is 0.568. The normalized spacial score (nSPS) is 11.7. The number of rotatable bonds is 3. The van der Waals surface area contributed by atoms with Gasteiger partial charge in [0.15, 0.2) is 5.65 Å². The van der Waals surface area contributed by atoms with Crippen LogP contribution >= 0.6 is 0 Å². The average molecular weight is 395 g/mol. The number of aryl methyl sites for hydroxylation is 1. The highest BCUT2D eigenvalue weighted by molar-refractivity contribution is 6.00. The Balaban J connectivity index is 1.53. The smallest absolute Gasteiger partial charge is 0.181 e. The fourth-order valence-electron chi connectivity index (χ4n) is 3.85. The number of nitrogens with one attached hydrogen (secondary N) is 2. The van der Waals surface area contributed by atoms with E-state index in [1.54, 1.807) is 12.5 Å². The van der Waals surface area contributed by atoms with E-state index in [9.17, 15) is 0 Å². The molecule has 6 aromatic rings. The molecule has 0 atom stereocenters. The third-order valence-electron chi connectivity index (χ3n) is 5.57. The molecule has 146 valence electrons. The van der Waals surface area contributed by atoms with E-state index in [0.717, 1.165) is 55.9 Å². The summed E-state index contributed by atoms with van der Waals surface area (Å²) in [6.45, 7) is 1.98. The summed E-state index contributed by atoms with van der Waals surface area (Å²) in [5, 5.41) is 9.54. The van der Waals surface area contributed by atoms with Crippen LogP contribution in [0.3, 0.4) is 0 Å². The molecule has 0 aliphatic rings. The van der Waals surface area contributed by atoms with Crippen LogP contribution in [0.15, 0.2) is 59.9 Å². The predicted molar refractivity (Wildman–Crippen MR) is 114 cm³/mol. The van der Waals surface area contributed by atoms with Crippen LogP contribution in [0.5, 0.6) is 0 Å². The van der Waals surface area contributed by atoms with Crippen molar-refractivity contribution in [2.24, 2.45) is 7.05 Å². The van der Waals surface area contributed by atoms with Crippen LogP contribution in [0.4, 0.5) is 0 Å². The number of hydrogen-bond donors (Lipinski definition) is 2. The van der Waals surface area contributed by atoms with Crippen molar-refractivity contribution < 1.29 is 4.42 Å². The van der Waals surface area contributed by atoms with Crippen molar-refractivity contribution in [3.8, 4) is 33.8 Å². The minimum atomic E-state index is 0.666. The van der Waals surface area contributed by atoms with Gasteiger partial charge in [-0.05, 0) is 25.1 Å². The van der Waals surface area contributed by atoms with Gasteiger partial charge in [0.05, 0.1) is 47.5 Å². The van der Waals surface area contributed by atoms with E-state index in [2.05, 4.69) is 46.8 Å². The maximum absolute atomic E-state index is 5.25. The number of fused-ring (bicyclic) bond motifs is 2. The topological polar surface area (TPSA) is 101 Å². The summed E-state index contributed by atoms with van der Waals surface area (Å²) < 4.78 is 7.30. The number of pyridine rings is 2. The molecule has 0 bridgehead atoms. The van der Waals surface area contributed by atoms with E-state index in [1.165, 1.54) is 0 Å². The van der Waals surface area contributed by atoms with E-state index < -0.39 is 0 Å². The summed E-state index contributed by atoms with van der Waals surface area (Å²) in [6, 6.07) is 6.13. The maximum Gasteiger partial charge on any atom is 0.181 e. The van der Waals surface area contributed by atoms with E-state index in [0.29, 0.717) is 5.65 Å². The molecule has 30 heavy (non-hydrogen) atoms. The van der Waals surface area contributed by atoms with Crippen LogP contribution in [0, 0.1) is 6.92 Å². The number of hydrogen-bond acceptors (Lipinski definition) is 5. The fourth-order valence-corrected chi connectivity index (χ4v) is 3.85. The number of imidazole rings is 1. The van der Waals surface area contributed by atoms with E-state index in [4.69, 9.17) is 4.42 Å². The second kappa shape index (κ2) is 6.15. The number of nitrogens with zero attached hydrogens (tertiary/aromatic N) is 5. The largest absolute Gasteiger partial charge is 0.472 e. The molecule has 0 saturated carbocycles. The summed E-state index contributed by atoms with van der Waals surface area (Å²) in [6.07, 6.45) is 10.8. The van der Waals surface area contributed by atoms with Gasteiger partial charge in [0, 0.05) is 46.9 Å². The highest BCUT2D eigenvalue weighted by atomic mass is 16.3. The Bertz CT molecular complexity index is 1520. The average Bonchev–Trinajstić information content (AvgIpc) is 3.54. The molecule has 0 unspecified atom stereocenters. The first-order valence-corrected chi connectivity index (χ1v) is 9.51. The van der Waals surface area contributed by atoms with Gasteiger partial charge in [-0.25, -0.2) is 9.97 Å². The highest BCUT2D eigenvalue weighted by Crippen LogP contribution is 2.34. The zero-order chi connectivity index (χ0) is 20.2. The first-order chi connectivity index (χ1) is 14.7. The Labute approximate surface area is 170 Å². The number of aromatic nitrogens is 7. The van der Waals surface area contributed by atoms with E-state index >= 15 is 0 Å². The Morgan fingerprint density at radius 1 is 1.00 bits per heavy atom. The van der Waals surface area contributed by atoms with Gasteiger partial charge in [-0.3, -0.25) is 10.1 Å². The molecule has 2 N–H and O–H groups in total. The van der Waals surface area contributed by atoms with Gasteiger partial charge in [-0.15, -0.1) is 0 Å². The molecule has 0 fully saturated rings. The molecule has 8 heteroatoms. The molecule has 6 aromatic heterocycles. The summed E-state index contributed by atoms with van der Waals surface area (Å²) >= 11 is 0. The van der Waals surface area contributed by atoms with Crippen molar-refractivity contribution in [1.29, 1.82) is 0 Å². The predicted octanol–water partition coefficient (Wildman–Crippen LogP) is 4.47. The lowest BCUT2D eigenvalue weighted by Gasteiger charge is -2.04. The maximum atomic E-state index is 5.25. The van der Waals surface area contributed by atoms with Crippen LogP contribution in [0.2, 0.25) is 0 Å². The summed E-state index contributed by atoms with van der Waals surface area (Å²) in [4.78, 5) is 16.8. The number of aromatic amines is 2. The lowest BCUT2D eigenvalue weighted by atomic mass is 10.1. The second-order valence-electron chi connectivity index (χ2n) is 7.29. The van der Waals surface area contributed by atoms with Crippen LogP contribution < -0.4 is 0 Å². The minimum absolute atomic E-state index is 0.666. The monoisotopic (exact) mass is 395 g/mol. The first-order valence-electron chi connectivity index (χ1n) is 9.51. The number of furan rings is 1. The third kappa shape index (κ3) is 2.40. The van der Waals surface area contributed by atoms with Crippen LogP contribution in [0.1, 0.15) is 5.82 Å². The zero-order valence-corrected chi connectivity index (χ0v) is 16.3. The lowest BCUT2D eigenvalue weighted by Crippen LogP contribution is -1.94. The minimum Gasteiger partial charge on any atom is -0.472 e. The summed E-state index contributed by atoms with van der Waals surface area (Å²) in [5.74, 6) is 0.951. The summed E-state index contributed by atoms with van der Waals surface area (Å²) in [7, 11) is 2.00. The van der Waals surface area contributed by atoms with Gasteiger partial charge in [-0.2, -0.15) is 5.10 Å². The Kier molecular flexibility index (Phi) is 3.43. The highest BCUT2D eigenvalue weighted by Gasteiger charge is 2.16. The molecule has 0 spiro atoms. The molecule has 0 aliphatic heterocycles. The molecule has 0 aromatic carbocycles. The van der Waals surface area contributed by atoms with Gasteiger partial charge in [0.25, 0.3) is 0 Å². The quantitative estimate of drug-likeness (QED) is 0.460. The molecule has 0 saturated heterocycles. The van der Waals surface area contributed by atoms with E-state index in [-0.39, 0.29) is 0 Å². The van der Waals surface area contributed by atoms with Crippen molar-refractivity contribution in [2.75, 3.05) is 0 Å². The molecule has 0 amide bonds. The van der Waals surface area contributed by atoms with Crippen molar-refractivity contribution in [1.82, 2.24) is 34.7 Å². The molecular weight excluding hydrogens is 378 g/mol. The van der Waals surface area contributed by atoms with Gasteiger partial charge < -0.3 is 14.0 Å². The second-order valence-corrected chi connectivity index (χ2v) is 7.29. The van der Waals surface area contributed by atoms with Crippen LogP contribution in [-0.4, -0.2) is 34.7 Å². The van der Waals surface area contributed by atoms with Crippen molar-refractivity contribution in [3.05, 3.63) is 61.3 Å². The zero-order valence-electron chi connectivity index (χ0n) is 16.3. The SMILES string of the molecule is Cc1ncc(-c2cnc3n[nH]c(-c4cc5c(-c6ccoc6)cncc5[nH]4)c3c2)n1C. The van der Waals surface area contributed by atoms with E-state index in [1.807, 2.05) is 44.8 Å². The Morgan fingerprint density at radius 2 is 1.93 bits per heavy atom. The first kappa shape index (κ1) is 16.7. The molecule has 6 heterocycles. The standard InChI is InChI=1S/C22H17N7O/c1-12-24-10-20(29(12)2)14-5-16-21(27-28-22(16)25-7-14)18-6-15-17(13-3-4-30-11-13)8-23-9-19(15)26-18/h3-11,26H,1-2H3,(H,25,27,28). The fraction of sp³-hybridized carbons (Fsp3) is 0.0909. The van der Waals surface area contributed by atoms with Crippen molar-refractivity contribution >= 4 is 21.9 Å².